The lowest BCUT2D eigenvalue weighted by Crippen LogP contribution is -2.22. The van der Waals surface area contributed by atoms with Crippen LogP contribution in [0.5, 0.6) is 0 Å². The molecule has 1 unspecified atom stereocenters. The summed E-state index contributed by atoms with van der Waals surface area (Å²) in [5.41, 5.74) is 4.91. The smallest absolute Gasteiger partial charge is 0.100 e. The summed E-state index contributed by atoms with van der Waals surface area (Å²) in [4.78, 5) is 2.40. The molecule has 0 bridgehead atoms. The summed E-state index contributed by atoms with van der Waals surface area (Å²) in [6.45, 7) is 8.31. The zero-order valence-electron chi connectivity index (χ0n) is 15.9. The molecule has 3 aromatic carbocycles. The summed E-state index contributed by atoms with van der Waals surface area (Å²) in [6, 6.07) is 29.8. The third kappa shape index (κ3) is 5.32. The second-order valence-electron chi connectivity index (χ2n) is 6.53. The first-order chi connectivity index (χ1) is 13.3. The van der Waals surface area contributed by atoms with Crippen LogP contribution in [0.15, 0.2) is 97.6 Å². The number of rotatable bonds is 9. The number of anilines is 1. The molecule has 0 N–H and O–H groups in total. The second-order valence-corrected chi connectivity index (χ2v) is 6.53. The van der Waals surface area contributed by atoms with E-state index in [1.807, 2.05) is 13.0 Å². The molecule has 0 amide bonds. The van der Waals surface area contributed by atoms with Crippen LogP contribution in [0.2, 0.25) is 0 Å². The monoisotopic (exact) mass is 357 g/mol. The van der Waals surface area contributed by atoms with E-state index in [0.29, 0.717) is 6.61 Å². The Morgan fingerprint density at radius 3 is 1.96 bits per heavy atom. The summed E-state index contributed by atoms with van der Waals surface area (Å²) in [5, 5.41) is 0. The lowest BCUT2D eigenvalue weighted by molar-refractivity contribution is 0.0971. The molecule has 3 rings (SSSR count). The van der Waals surface area contributed by atoms with E-state index < -0.39 is 0 Å². The molecule has 0 aromatic heterocycles. The van der Waals surface area contributed by atoms with Gasteiger partial charge in [-0.2, -0.15) is 0 Å². The zero-order valence-corrected chi connectivity index (χ0v) is 15.9. The van der Waals surface area contributed by atoms with Gasteiger partial charge in [-0.05, 0) is 35.7 Å². The van der Waals surface area contributed by atoms with Gasteiger partial charge in [-0.25, -0.2) is 0 Å². The predicted octanol–water partition coefficient (Wildman–Crippen LogP) is 6.16. The Hall–Kier alpha value is -2.84. The largest absolute Gasteiger partial charge is 0.370 e. The van der Waals surface area contributed by atoms with E-state index >= 15 is 0 Å². The third-order valence-electron chi connectivity index (χ3n) is 4.56. The van der Waals surface area contributed by atoms with Crippen molar-refractivity contribution in [2.75, 3.05) is 11.5 Å². The van der Waals surface area contributed by atoms with Crippen LogP contribution >= 0.6 is 0 Å². The van der Waals surface area contributed by atoms with Crippen LogP contribution in [0.3, 0.4) is 0 Å². The minimum absolute atomic E-state index is 0.0785. The van der Waals surface area contributed by atoms with Gasteiger partial charge in [0, 0.05) is 25.4 Å². The predicted molar refractivity (Wildman–Crippen MR) is 114 cm³/mol. The van der Waals surface area contributed by atoms with Crippen LogP contribution in [0.4, 0.5) is 5.69 Å². The van der Waals surface area contributed by atoms with Gasteiger partial charge < -0.3 is 9.64 Å². The van der Waals surface area contributed by atoms with E-state index in [1.165, 1.54) is 16.8 Å². The summed E-state index contributed by atoms with van der Waals surface area (Å²) in [7, 11) is 0. The zero-order chi connectivity index (χ0) is 18.9. The molecule has 3 aromatic rings. The lowest BCUT2D eigenvalue weighted by atomic mass is 10.1. The van der Waals surface area contributed by atoms with E-state index in [0.717, 1.165) is 18.7 Å². The first kappa shape index (κ1) is 18.9. The van der Waals surface area contributed by atoms with Gasteiger partial charge in [-0.15, -0.1) is 6.58 Å². The lowest BCUT2D eigenvalue weighted by Gasteiger charge is -2.26. The molecule has 27 heavy (non-hydrogen) atoms. The molecule has 0 saturated heterocycles. The summed E-state index contributed by atoms with van der Waals surface area (Å²) in [6.07, 6.45) is 1.78. The SMILES string of the molecule is C=CC(OCC)c1cccc(N(Cc2ccccc2)Cc2ccccc2)c1. The average molecular weight is 357 g/mol. The van der Waals surface area contributed by atoms with Gasteiger partial charge in [0.2, 0.25) is 0 Å². The van der Waals surface area contributed by atoms with Crippen molar-refractivity contribution in [2.24, 2.45) is 0 Å². The molecule has 0 aliphatic heterocycles. The van der Waals surface area contributed by atoms with Crippen molar-refractivity contribution >= 4 is 5.69 Å². The number of nitrogens with zero attached hydrogens (tertiary/aromatic N) is 1. The second kappa shape index (κ2) is 9.75. The molecule has 0 aliphatic rings. The van der Waals surface area contributed by atoms with Crippen LogP contribution in [0, 0.1) is 0 Å². The van der Waals surface area contributed by atoms with Crippen molar-refractivity contribution in [3.05, 3.63) is 114 Å². The highest BCUT2D eigenvalue weighted by Crippen LogP contribution is 2.26. The highest BCUT2D eigenvalue weighted by atomic mass is 16.5. The summed E-state index contributed by atoms with van der Waals surface area (Å²) in [5.74, 6) is 0. The molecule has 138 valence electrons. The fourth-order valence-corrected chi connectivity index (χ4v) is 3.22. The summed E-state index contributed by atoms with van der Waals surface area (Å²) < 4.78 is 5.81. The van der Waals surface area contributed by atoms with Crippen molar-refractivity contribution in [3.8, 4) is 0 Å². The molecule has 2 nitrogen and oxygen atoms in total. The van der Waals surface area contributed by atoms with Crippen LogP contribution in [-0.4, -0.2) is 6.61 Å². The Morgan fingerprint density at radius 2 is 1.44 bits per heavy atom. The quantitative estimate of drug-likeness (QED) is 0.425. The minimum Gasteiger partial charge on any atom is -0.370 e. The van der Waals surface area contributed by atoms with E-state index in [4.69, 9.17) is 4.74 Å². The van der Waals surface area contributed by atoms with Crippen molar-refractivity contribution in [1.82, 2.24) is 0 Å². The molecule has 2 heteroatoms. The molecule has 0 saturated carbocycles. The van der Waals surface area contributed by atoms with E-state index in [1.54, 1.807) is 0 Å². The number of ether oxygens (including phenoxy) is 1. The Bertz CT molecular complexity index is 788. The average Bonchev–Trinajstić information content (AvgIpc) is 2.73. The fraction of sp³-hybridized carbons (Fsp3) is 0.200. The third-order valence-corrected chi connectivity index (χ3v) is 4.56. The van der Waals surface area contributed by atoms with Gasteiger partial charge in [-0.3, -0.25) is 0 Å². The van der Waals surface area contributed by atoms with Gasteiger partial charge in [0.1, 0.15) is 6.10 Å². The molecule has 0 aliphatic carbocycles. The Morgan fingerprint density at radius 1 is 0.852 bits per heavy atom. The van der Waals surface area contributed by atoms with Crippen molar-refractivity contribution in [3.63, 3.8) is 0 Å². The van der Waals surface area contributed by atoms with Gasteiger partial charge in [-0.1, -0.05) is 78.9 Å². The Labute approximate surface area is 162 Å². The molecule has 1 atom stereocenters. The van der Waals surface area contributed by atoms with Gasteiger partial charge in [0.15, 0.2) is 0 Å². The summed E-state index contributed by atoms with van der Waals surface area (Å²) >= 11 is 0. The first-order valence-electron chi connectivity index (χ1n) is 9.47. The van der Waals surface area contributed by atoms with Gasteiger partial charge >= 0.3 is 0 Å². The molecule has 0 fully saturated rings. The van der Waals surface area contributed by atoms with Crippen molar-refractivity contribution < 1.29 is 4.74 Å². The Balaban J connectivity index is 1.90. The minimum atomic E-state index is -0.0785. The van der Waals surface area contributed by atoms with Crippen molar-refractivity contribution in [1.29, 1.82) is 0 Å². The van der Waals surface area contributed by atoms with E-state index in [2.05, 4.69) is 96.4 Å². The maximum atomic E-state index is 5.81. The van der Waals surface area contributed by atoms with Crippen LogP contribution in [0.25, 0.3) is 0 Å². The van der Waals surface area contributed by atoms with Gasteiger partial charge in [0.25, 0.3) is 0 Å². The maximum absolute atomic E-state index is 5.81. The highest BCUT2D eigenvalue weighted by Gasteiger charge is 2.12. The normalized spacial score (nSPS) is 11.7. The molecule has 0 spiro atoms. The number of hydrogen-bond acceptors (Lipinski definition) is 2. The number of benzene rings is 3. The Kier molecular flexibility index (Phi) is 6.84. The molecule has 0 heterocycles. The molecule has 0 radical (unpaired) electrons. The van der Waals surface area contributed by atoms with E-state index in [-0.39, 0.29) is 6.10 Å². The first-order valence-corrected chi connectivity index (χ1v) is 9.47. The van der Waals surface area contributed by atoms with Crippen LogP contribution < -0.4 is 4.90 Å². The van der Waals surface area contributed by atoms with Crippen molar-refractivity contribution in [2.45, 2.75) is 26.1 Å². The molecular weight excluding hydrogens is 330 g/mol. The standard InChI is InChI=1S/C25H27NO/c1-3-25(27-4-2)23-16-11-17-24(18-23)26(19-21-12-7-5-8-13-21)20-22-14-9-6-10-15-22/h3,5-18,25H,1,4,19-20H2,2H3. The van der Waals surface area contributed by atoms with Crippen LogP contribution in [0.1, 0.15) is 29.7 Å². The molecular formula is C25H27NO. The fourth-order valence-electron chi connectivity index (χ4n) is 3.22. The van der Waals surface area contributed by atoms with E-state index in [9.17, 15) is 0 Å². The van der Waals surface area contributed by atoms with Gasteiger partial charge in [0.05, 0.1) is 0 Å². The van der Waals surface area contributed by atoms with Crippen LogP contribution in [-0.2, 0) is 17.8 Å². The highest BCUT2D eigenvalue weighted by molar-refractivity contribution is 5.50. The maximum Gasteiger partial charge on any atom is 0.100 e. The number of hydrogen-bond donors (Lipinski definition) is 0. The topological polar surface area (TPSA) is 12.5 Å².